The predicted octanol–water partition coefficient (Wildman–Crippen LogP) is 4.06. The third kappa shape index (κ3) is 3.91. The smallest absolute Gasteiger partial charge is 0.325 e. The topological polar surface area (TPSA) is 69.9 Å². The van der Waals surface area contributed by atoms with Crippen molar-refractivity contribution in [3.63, 3.8) is 0 Å². The fraction of sp³-hybridized carbons (Fsp3) is 0.136. The summed E-state index contributed by atoms with van der Waals surface area (Å²) in [4.78, 5) is 29.0. The van der Waals surface area contributed by atoms with Crippen LogP contribution in [0.3, 0.4) is 0 Å². The molecule has 0 aliphatic heterocycles. The molecule has 0 N–H and O–H groups in total. The van der Waals surface area contributed by atoms with E-state index < -0.39 is 23.5 Å². The van der Waals surface area contributed by atoms with Crippen molar-refractivity contribution in [3.8, 4) is 5.75 Å². The van der Waals surface area contributed by atoms with Crippen LogP contribution in [0.4, 0.5) is 8.78 Å². The van der Waals surface area contributed by atoms with Crippen LogP contribution in [0.15, 0.2) is 53.5 Å². The Morgan fingerprint density at radius 2 is 1.77 bits per heavy atom. The first-order valence-electron chi connectivity index (χ1n) is 9.12. The van der Waals surface area contributed by atoms with Gasteiger partial charge in [0.1, 0.15) is 18.1 Å². The Morgan fingerprint density at radius 3 is 2.45 bits per heavy atom. The number of nitrogens with zero attached hydrogens (tertiary/aromatic N) is 2. The quantitative estimate of drug-likeness (QED) is 0.447. The lowest BCUT2D eigenvalue weighted by molar-refractivity contribution is -0.141. The van der Waals surface area contributed by atoms with Crippen molar-refractivity contribution in [1.29, 1.82) is 0 Å². The molecule has 0 bridgehead atoms. The Hall–Kier alpha value is -3.59. The zero-order chi connectivity index (χ0) is 22.1. The molecule has 0 saturated carbocycles. The van der Waals surface area contributed by atoms with E-state index in [1.807, 2.05) is 24.3 Å². The number of carbonyl (C=O) groups is 2. The summed E-state index contributed by atoms with van der Waals surface area (Å²) in [5, 5.41) is 1.70. The molecular formula is C22H16F2N2O4S. The minimum absolute atomic E-state index is 0.0325. The van der Waals surface area contributed by atoms with Gasteiger partial charge < -0.3 is 14.0 Å². The molecule has 0 atom stereocenters. The van der Waals surface area contributed by atoms with E-state index in [-0.39, 0.29) is 27.1 Å². The molecule has 6 nitrogen and oxygen atoms in total. The largest absolute Gasteiger partial charge is 0.496 e. The molecule has 0 saturated heterocycles. The first kappa shape index (κ1) is 20.7. The maximum absolute atomic E-state index is 14.5. The average molecular weight is 442 g/mol. The predicted molar refractivity (Wildman–Crippen MR) is 112 cm³/mol. The lowest BCUT2D eigenvalue weighted by Gasteiger charge is -2.08. The van der Waals surface area contributed by atoms with E-state index in [0.717, 1.165) is 28.2 Å². The highest BCUT2D eigenvalue weighted by atomic mass is 32.1. The fourth-order valence-electron chi connectivity index (χ4n) is 3.26. The standard InChI is InChI=1S/C22H16F2N2O4S/c1-29-17-8-13-6-4-3-5-12(13)7-15(17)21(28)25-22-26(11-19(27)30-2)20-16(24)9-14(23)10-18(20)31-22/h3-10H,11H2,1-2H3. The molecule has 9 heteroatoms. The molecule has 0 aliphatic carbocycles. The van der Waals surface area contributed by atoms with Crippen molar-refractivity contribution in [2.24, 2.45) is 4.99 Å². The van der Waals surface area contributed by atoms with Crippen LogP contribution in [-0.4, -0.2) is 30.7 Å². The van der Waals surface area contributed by atoms with Crippen LogP contribution in [-0.2, 0) is 16.1 Å². The van der Waals surface area contributed by atoms with Crippen LogP contribution in [0.1, 0.15) is 10.4 Å². The van der Waals surface area contributed by atoms with E-state index in [1.165, 1.54) is 18.8 Å². The Labute approximate surface area is 179 Å². The summed E-state index contributed by atoms with van der Waals surface area (Å²) in [6.07, 6.45) is 0. The van der Waals surface area contributed by atoms with Gasteiger partial charge in [-0.1, -0.05) is 35.6 Å². The number of esters is 1. The summed E-state index contributed by atoms with van der Waals surface area (Å²) < 4.78 is 39.6. The fourth-order valence-corrected chi connectivity index (χ4v) is 4.32. The van der Waals surface area contributed by atoms with Crippen LogP contribution in [0.25, 0.3) is 21.0 Å². The lowest BCUT2D eigenvalue weighted by Crippen LogP contribution is -2.23. The Morgan fingerprint density at radius 1 is 1.06 bits per heavy atom. The second-order valence-electron chi connectivity index (χ2n) is 6.60. The third-order valence-corrected chi connectivity index (χ3v) is 5.73. The summed E-state index contributed by atoms with van der Waals surface area (Å²) in [6, 6.07) is 12.6. The van der Waals surface area contributed by atoms with Gasteiger partial charge in [-0.25, -0.2) is 8.78 Å². The zero-order valence-electron chi connectivity index (χ0n) is 16.5. The molecular weight excluding hydrogens is 426 g/mol. The van der Waals surface area contributed by atoms with Crippen molar-refractivity contribution >= 4 is 44.2 Å². The van der Waals surface area contributed by atoms with Crippen LogP contribution < -0.4 is 9.54 Å². The first-order chi connectivity index (χ1) is 14.9. The summed E-state index contributed by atoms with van der Waals surface area (Å²) in [6.45, 7) is -0.389. The first-order valence-corrected chi connectivity index (χ1v) is 9.94. The minimum Gasteiger partial charge on any atom is -0.496 e. The maximum atomic E-state index is 14.5. The number of methoxy groups -OCH3 is 2. The Bertz CT molecular complexity index is 1410. The number of aromatic nitrogens is 1. The zero-order valence-corrected chi connectivity index (χ0v) is 17.3. The van der Waals surface area contributed by atoms with Gasteiger partial charge in [-0.15, -0.1) is 0 Å². The van der Waals surface area contributed by atoms with Crippen molar-refractivity contribution in [2.45, 2.75) is 6.54 Å². The molecule has 31 heavy (non-hydrogen) atoms. The molecule has 4 aromatic rings. The van der Waals surface area contributed by atoms with Crippen LogP contribution in [0.2, 0.25) is 0 Å². The number of halogens is 2. The Kier molecular flexibility index (Phi) is 5.51. The molecule has 1 aromatic heterocycles. The summed E-state index contributed by atoms with van der Waals surface area (Å²) >= 11 is 0.892. The van der Waals surface area contributed by atoms with Gasteiger partial charge in [0.2, 0.25) is 0 Å². The second-order valence-corrected chi connectivity index (χ2v) is 7.61. The van der Waals surface area contributed by atoms with Crippen LogP contribution in [0, 0.1) is 11.6 Å². The van der Waals surface area contributed by atoms with Crippen molar-refractivity contribution < 1.29 is 27.8 Å². The molecule has 158 valence electrons. The van der Waals surface area contributed by atoms with Gasteiger partial charge in [0, 0.05) is 6.07 Å². The van der Waals surface area contributed by atoms with Crippen molar-refractivity contribution in [2.75, 3.05) is 14.2 Å². The number of carbonyl (C=O) groups excluding carboxylic acids is 2. The maximum Gasteiger partial charge on any atom is 0.325 e. The SMILES string of the molecule is COC(=O)Cn1c(=NC(=O)c2cc3ccccc3cc2OC)sc2cc(F)cc(F)c21. The second kappa shape index (κ2) is 8.27. The van der Waals surface area contributed by atoms with E-state index in [4.69, 9.17) is 4.74 Å². The van der Waals surface area contributed by atoms with Gasteiger partial charge in [-0.2, -0.15) is 4.99 Å². The van der Waals surface area contributed by atoms with E-state index in [0.29, 0.717) is 11.8 Å². The van der Waals surface area contributed by atoms with Gasteiger partial charge in [0.15, 0.2) is 10.6 Å². The average Bonchev–Trinajstić information content (AvgIpc) is 3.09. The van der Waals surface area contributed by atoms with E-state index in [1.54, 1.807) is 12.1 Å². The highest BCUT2D eigenvalue weighted by Gasteiger charge is 2.18. The molecule has 0 unspecified atom stereocenters. The number of benzene rings is 3. The molecule has 0 aliphatic rings. The molecule has 4 rings (SSSR count). The molecule has 0 spiro atoms. The summed E-state index contributed by atoms with van der Waals surface area (Å²) in [5.74, 6) is -2.63. The number of hydrogen-bond donors (Lipinski definition) is 0. The highest BCUT2D eigenvalue weighted by molar-refractivity contribution is 7.16. The molecule has 0 fully saturated rings. The normalized spacial score (nSPS) is 11.8. The summed E-state index contributed by atoms with van der Waals surface area (Å²) in [5.41, 5.74) is 0.170. The van der Waals surface area contributed by atoms with Crippen LogP contribution in [0.5, 0.6) is 5.75 Å². The van der Waals surface area contributed by atoms with Crippen molar-refractivity contribution in [3.05, 3.63) is 70.5 Å². The van der Waals surface area contributed by atoms with E-state index >= 15 is 0 Å². The third-order valence-electron chi connectivity index (χ3n) is 4.71. The monoisotopic (exact) mass is 442 g/mol. The van der Waals surface area contributed by atoms with Crippen molar-refractivity contribution in [1.82, 2.24) is 4.57 Å². The van der Waals surface area contributed by atoms with Gasteiger partial charge in [0.25, 0.3) is 5.91 Å². The molecule has 1 amide bonds. The van der Waals surface area contributed by atoms with Crippen LogP contribution >= 0.6 is 11.3 Å². The molecule has 3 aromatic carbocycles. The number of amides is 1. The van der Waals surface area contributed by atoms with Gasteiger partial charge in [0.05, 0.1) is 30.0 Å². The van der Waals surface area contributed by atoms with E-state index in [9.17, 15) is 18.4 Å². The number of hydrogen-bond acceptors (Lipinski definition) is 5. The lowest BCUT2D eigenvalue weighted by atomic mass is 10.1. The van der Waals surface area contributed by atoms with E-state index in [2.05, 4.69) is 9.73 Å². The van der Waals surface area contributed by atoms with Gasteiger partial charge >= 0.3 is 5.97 Å². The minimum atomic E-state index is -0.868. The number of rotatable bonds is 4. The van der Waals surface area contributed by atoms with Gasteiger partial charge in [-0.05, 0) is 29.0 Å². The van der Waals surface area contributed by atoms with Gasteiger partial charge in [-0.3, -0.25) is 9.59 Å². The molecule has 1 heterocycles. The number of fused-ring (bicyclic) bond motifs is 2. The Balaban J connectivity index is 1.92. The highest BCUT2D eigenvalue weighted by Crippen LogP contribution is 2.27. The number of thiazole rings is 1. The summed E-state index contributed by atoms with van der Waals surface area (Å²) in [7, 11) is 2.63. The number of ether oxygens (including phenoxy) is 2. The molecule has 0 radical (unpaired) electrons.